The lowest BCUT2D eigenvalue weighted by molar-refractivity contribution is -0.119. The van der Waals surface area contributed by atoms with Gasteiger partial charge in [0.25, 0.3) is 5.91 Å². The van der Waals surface area contributed by atoms with Gasteiger partial charge in [-0.15, -0.1) is 11.3 Å². The van der Waals surface area contributed by atoms with E-state index in [9.17, 15) is 19.6 Å². The van der Waals surface area contributed by atoms with Crippen LogP contribution in [-0.4, -0.2) is 30.9 Å². The van der Waals surface area contributed by atoms with Crippen LogP contribution in [0, 0.1) is 11.3 Å². The standard InChI is InChI=1S/C21H19N3O4S/c22-11-16-15-6-2-7-17(15)29-20(16)23-18(25)12-28-21(27)13-4-1-5-14(10-13)24-9-3-8-19(24)26/h1,4-5,10H,2-3,6-9,12H2,(H,23,25). The smallest absolute Gasteiger partial charge is 0.338 e. The number of nitriles is 1. The van der Waals surface area contributed by atoms with Crippen molar-refractivity contribution in [2.24, 2.45) is 0 Å². The Bertz CT molecular complexity index is 1040. The maximum Gasteiger partial charge on any atom is 0.338 e. The third-order valence-corrected chi connectivity index (χ3v) is 6.29. The summed E-state index contributed by atoms with van der Waals surface area (Å²) in [6.07, 6.45) is 4.12. The summed E-state index contributed by atoms with van der Waals surface area (Å²) in [5.41, 5.74) is 2.48. The molecule has 2 amide bonds. The number of carbonyl (C=O) groups excluding carboxylic acids is 3. The molecule has 0 saturated carbocycles. The number of rotatable bonds is 5. The van der Waals surface area contributed by atoms with Crippen LogP contribution in [-0.2, 0) is 27.2 Å². The van der Waals surface area contributed by atoms with E-state index in [1.807, 2.05) is 0 Å². The number of anilines is 2. The molecule has 2 aromatic rings. The molecular weight excluding hydrogens is 390 g/mol. The quantitative estimate of drug-likeness (QED) is 0.765. The zero-order valence-corrected chi connectivity index (χ0v) is 16.5. The monoisotopic (exact) mass is 409 g/mol. The number of ether oxygens (including phenoxy) is 1. The van der Waals surface area contributed by atoms with Crippen LogP contribution in [0.2, 0.25) is 0 Å². The van der Waals surface area contributed by atoms with Gasteiger partial charge in [0.2, 0.25) is 5.91 Å². The number of benzene rings is 1. The molecule has 8 heteroatoms. The summed E-state index contributed by atoms with van der Waals surface area (Å²) in [5.74, 6) is -1.09. The Labute approximate surface area is 171 Å². The van der Waals surface area contributed by atoms with E-state index in [0.717, 1.165) is 36.1 Å². The average molecular weight is 409 g/mol. The van der Waals surface area contributed by atoms with E-state index in [-0.39, 0.29) is 11.5 Å². The summed E-state index contributed by atoms with van der Waals surface area (Å²) in [4.78, 5) is 39.2. The Kier molecular flexibility index (Phi) is 5.32. The van der Waals surface area contributed by atoms with E-state index in [1.165, 1.54) is 11.3 Å². The molecule has 1 aromatic heterocycles. The van der Waals surface area contributed by atoms with E-state index < -0.39 is 18.5 Å². The number of thiophene rings is 1. The van der Waals surface area contributed by atoms with Crippen LogP contribution in [0.3, 0.4) is 0 Å². The van der Waals surface area contributed by atoms with Crippen LogP contribution < -0.4 is 10.2 Å². The van der Waals surface area contributed by atoms with Gasteiger partial charge < -0.3 is 15.0 Å². The van der Waals surface area contributed by atoms with Gasteiger partial charge in [-0.1, -0.05) is 6.07 Å². The van der Waals surface area contributed by atoms with Gasteiger partial charge in [0, 0.05) is 23.5 Å². The molecular formula is C21H19N3O4S. The number of nitrogens with zero attached hydrogens (tertiary/aromatic N) is 2. The minimum atomic E-state index is -0.636. The number of carbonyl (C=O) groups is 3. The zero-order chi connectivity index (χ0) is 20.4. The van der Waals surface area contributed by atoms with E-state index >= 15 is 0 Å². The van der Waals surface area contributed by atoms with Crippen LogP contribution >= 0.6 is 11.3 Å². The maximum absolute atomic E-state index is 12.3. The Balaban J connectivity index is 1.37. The van der Waals surface area contributed by atoms with Crippen molar-refractivity contribution in [1.29, 1.82) is 5.26 Å². The van der Waals surface area contributed by atoms with Crippen molar-refractivity contribution in [3.05, 3.63) is 45.8 Å². The summed E-state index contributed by atoms with van der Waals surface area (Å²) in [6, 6.07) is 8.80. The summed E-state index contributed by atoms with van der Waals surface area (Å²) >= 11 is 1.42. The van der Waals surface area contributed by atoms with Crippen LogP contribution in [0.15, 0.2) is 24.3 Å². The molecule has 0 radical (unpaired) electrons. The molecule has 7 nitrogen and oxygen atoms in total. The lowest BCUT2D eigenvalue weighted by atomic mass is 10.1. The Morgan fingerprint density at radius 3 is 2.86 bits per heavy atom. The number of aryl methyl sites for hydroxylation is 1. The van der Waals surface area contributed by atoms with Crippen molar-refractivity contribution in [3.63, 3.8) is 0 Å². The second-order valence-corrected chi connectivity index (χ2v) is 8.10. The highest BCUT2D eigenvalue weighted by molar-refractivity contribution is 7.16. The number of esters is 1. The number of fused-ring (bicyclic) bond motifs is 1. The van der Waals surface area contributed by atoms with Gasteiger partial charge in [0.15, 0.2) is 6.61 Å². The predicted octanol–water partition coefficient (Wildman–Crippen LogP) is 3.03. The van der Waals surface area contributed by atoms with Crippen molar-refractivity contribution in [2.45, 2.75) is 32.1 Å². The first-order valence-corrected chi connectivity index (χ1v) is 10.3. The van der Waals surface area contributed by atoms with Gasteiger partial charge in [-0.2, -0.15) is 5.26 Å². The molecule has 1 aromatic carbocycles. The molecule has 1 fully saturated rings. The first-order valence-electron chi connectivity index (χ1n) is 9.49. The lowest BCUT2D eigenvalue weighted by Gasteiger charge is -2.16. The van der Waals surface area contributed by atoms with Crippen LogP contribution in [0.4, 0.5) is 10.7 Å². The van der Waals surface area contributed by atoms with Crippen LogP contribution in [0.5, 0.6) is 0 Å². The molecule has 2 heterocycles. The van der Waals surface area contributed by atoms with Gasteiger partial charge in [-0.3, -0.25) is 9.59 Å². The topological polar surface area (TPSA) is 99.5 Å². The highest BCUT2D eigenvalue weighted by Crippen LogP contribution is 2.38. The van der Waals surface area contributed by atoms with E-state index in [4.69, 9.17) is 4.74 Å². The van der Waals surface area contributed by atoms with E-state index in [1.54, 1.807) is 29.2 Å². The Hall–Kier alpha value is -3.18. The van der Waals surface area contributed by atoms with Crippen LogP contribution in [0.25, 0.3) is 0 Å². The normalized spacial score (nSPS) is 15.1. The van der Waals surface area contributed by atoms with Crippen LogP contribution in [0.1, 0.15) is 45.6 Å². The number of hydrogen-bond donors (Lipinski definition) is 1. The van der Waals surface area contributed by atoms with Gasteiger partial charge in [-0.05, 0) is 49.4 Å². The fourth-order valence-corrected chi connectivity index (χ4v) is 4.97. The van der Waals surface area contributed by atoms with Crippen molar-refractivity contribution < 1.29 is 19.1 Å². The zero-order valence-electron chi connectivity index (χ0n) is 15.7. The first kappa shape index (κ1) is 19.2. The fourth-order valence-electron chi connectivity index (χ4n) is 3.71. The number of amides is 2. The molecule has 148 valence electrons. The second-order valence-electron chi connectivity index (χ2n) is 7.00. The van der Waals surface area contributed by atoms with Gasteiger partial charge in [0.1, 0.15) is 11.1 Å². The summed E-state index contributed by atoms with van der Waals surface area (Å²) in [7, 11) is 0. The molecule has 29 heavy (non-hydrogen) atoms. The minimum absolute atomic E-state index is 0.0334. The molecule has 0 unspecified atom stereocenters. The van der Waals surface area contributed by atoms with E-state index in [2.05, 4.69) is 11.4 Å². The summed E-state index contributed by atoms with van der Waals surface area (Å²) in [5, 5.41) is 12.6. The fraction of sp³-hybridized carbons (Fsp3) is 0.333. The summed E-state index contributed by atoms with van der Waals surface area (Å²) in [6.45, 7) is 0.185. The van der Waals surface area contributed by atoms with E-state index in [0.29, 0.717) is 29.2 Å². The third kappa shape index (κ3) is 3.87. The summed E-state index contributed by atoms with van der Waals surface area (Å²) < 4.78 is 5.12. The molecule has 1 N–H and O–H groups in total. The molecule has 0 atom stereocenters. The molecule has 2 aliphatic rings. The number of nitrogens with one attached hydrogen (secondary N) is 1. The molecule has 1 aliphatic heterocycles. The third-order valence-electron chi connectivity index (χ3n) is 5.09. The van der Waals surface area contributed by atoms with Crippen molar-refractivity contribution >= 4 is 39.8 Å². The predicted molar refractivity (Wildman–Crippen MR) is 108 cm³/mol. The van der Waals surface area contributed by atoms with Crippen molar-refractivity contribution in [3.8, 4) is 6.07 Å². The van der Waals surface area contributed by atoms with Gasteiger partial charge >= 0.3 is 5.97 Å². The van der Waals surface area contributed by atoms with Crippen molar-refractivity contribution in [1.82, 2.24) is 0 Å². The Morgan fingerprint density at radius 2 is 2.10 bits per heavy atom. The largest absolute Gasteiger partial charge is 0.452 e. The second kappa shape index (κ2) is 8.05. The minimum Gasteiger partial charge on any atom is -0.452 e. The molecule has 1 saturated heterocycles. The van der Waals surface area contributed by atoms with Gasteiger partial charge in [0.05, 0.1) is 11.1 Å². The SMILES string of the molecule is N#Cc1c(NC(=O)COC(=O)c2cccc(N3CCCC3=O)c2)sc2c1CCC2. The lowest BCUT2D eigenvalue weighted by Crippen LogP contribution is -2.24. The average Bonchev–Trinajstić information content (AvgIpc) is 3.42. The maximum atomic E-state index is 12.3. The number of hydrogen-bond acceptors (Lipinski definition) is 6. The Morgan fingerprint density at radius 1 is 1.24 bits per heavy atom. The molecule has 0 bridgehead atoms. The molecule has 4 rings (SSSR count). The molecule has 1 aliphatic carbocycles. The highest BCUT2D eigenvalue weighted by Gasteiger charge is 2.24. The highest BCUT2D eigenvalue weighted by atomic mass is 32.1. The van der Waals surface area contributed by atoms with Gasteiger partial charge in [-0.25, -0.2) is 4.79 Å². The molecule has 0 spiro atoms. The van der Waals surface area contributed by atoms with Crippen molar-refractivity contribution in [2.75, 3.05) is 23.4 Å². The first-order chi connectivity index (χ1) is 14.1.